The van der Waals surface area contributed by atoms with Crippen LogP contribution in [0.15, 0.2) is 35.2 Å². The summed E-state index contributed by atoms with van der Waals surface area (Å²) in [5.41, 5.74) is 0. The molecule has 0 saturated carbocycles. The van der Waals surface area contributed by atoms with Crippen LogP contribution in [0.25, 0.3) is 0 Å². The van der Waals surface area contributed by atoms with Crippen LogP contribution in [0.1, 0.15) is 12.8 Å². The molecule has 0 aromatic heterocycles. The first-order valence-electron chi connectivity index (χ1n) is 5.27. The average molecular weight is 260 g/mol. The van der Waals surface area contributed by atoms with Crippen LogP contribution in [0.5, 0.6) is 0 Å². The van der Waals surface area contributed by atoms with Gasteiger partial charge in [-0.1, -0.05) is 28.5 Å². The summed E-state index contributed by atoms with van der Waals surface area (Å²) in [6.07, 6.45) is 3.25. The van der Waals surface area contributed by atoms with Crippen LogP contribution < -0.4 is 0 Å². The third-order valence-electron chi connectivity index (χ3n) is 2.62. The van der Waals surface area contributed by atoms with Gasteiger partial charge >= 0.3 is 0 Å². The maximum absolute atomic E-state index is 11.4. The summed E-state index contributed by atoms with van der Waals surface area (Å²) in [5, 5.41) is 0. The van der Waals surface area contributed by atoms with Gasteiger partial charge in [-0.2, -0.15) is 8.42 Å². The van der Waals surface area contributed by atoms with Crippen molar-refractivity contribution in [2.24, 2.45) is 0 Å². The summed E-state index contributed by atoms with van der Waals surface area (Å²) in [4.78, 5) is 1.05. The standard InChI is InChI=1S/C11H16O3S2/c1-15(12,13)14-16(9-5-6-10-16)11-7-3-2-4-8-11/h2-4,7-8H,5-6,9-10H2,1H3. The Balaban J connectivity index is 2.37. The van der Waals surface area contributed by atoms with E-state index in [4.69, 9.17) is 3.63 Å². The molecule has 0 aliphatic carbocycles. The van der Waals surface area contributed by atoms with E-state index in [1.165, 1.54) is 0 Å². The van der Waals surface area contributed by atoms with Crippen molar-refractivity contribution < 1.29 is 12.0 Å². The Morgan fingerprint density at radius 2 is 1.69 bits per heavy atom. The second-order valence-electron chi connectivity index (χ2n) is 4.01. The Bertz CT molecular complexity index is 447. The molecular formula is C11H16O3S2. The van der Waals surface area contributed by atoms with Crippen molar-refractivity contribution in [3.8, 4) is 0 Å². The van der Waals surface area contributed by atoms with Gasteiger partial charge < -0.3 is 0 Å². The van der Waals surface area contributed by atoms with Crippen LogP contribution in [0.4, 0.5) is 0 Å². The van der Waals surface area contributed by atoms with Gasteiger partial charge in [0.15, 0.2) is 0 Å². The second-order valence-corrected chi connectivity index (χ2v) is 8.88. The van der Waals surface area contributed by atoms with Crippen LogP contribution in [-0.2, 0) is 13.7 Å². The second kappa shape index (κ2) is 4.39. The van der Waals surface area contributed by atoms with E-state index in [9.17, 15) is 8.42 Å². The zero-order valence-electron chi connectivity index (χ0n) is 9.26. The fourth-order valence-corrected chi connectivity index (χ4v) is 7.44. The van der Waals surface area contributed by atoms with Gasteiger partial charge in [0.2, 0.25) is 0 Å². The highest BCUT2D eigenvalue weighted by Crippen LogP contribution is 2.62. The smallest absolute Gasteiger partial charge is 0.216 e. The first-order chi connectivity index (χ1) is 7.52. The Labute approximate surface area is 98.5 Å². The predicted octanol–water partition coefficient (Wildman–Crippen LogP) is 2.54. The maximum atomic E-state index is 11.4. The van der Waals surface area contributed by atoms with Gasteiger partial charge in [-0.15, -0.1) is 0 Å². The fraction of sp³-hybridized carbons (Fsp3) is 0.455. The van der Waals surface area contributed by atoms with Gasteiger partial charge in [0.25, 0.3) is 10.1 Å². The first-order valence-corrected chi connectivity index (χ1v) is 8.98. The van der Waals surface area contributed by atoms with E-state index in [0.29, 0.717) is 0 Å². The third-order valence-corrected chi connectivity index (χ3v) is 7.68. The molecule has 1 aromatic rings. The monoisotopic (exact) mass is 260 g/mol. The number of benzene rings is 1. The van der Waals surface area contributed by atoms with E-state index in [1.54, 1.807) is 0 Å². The summed E-state index contributed by atoms with van der Waals surface area (Å²) in [6.45, 7) is 0. The van der Waals surface area contributed by atoms with Crippen molar-refractivity contribution in [1.29, 1.82) is 0 Å². The number of rotatable bonds is 3. The minimum absolute atomic E-state index is 0.865. The van der Waals surface area contributed by atoms with Crippen LogP contribution in [-0.4, -0.2) is 26.2 Å². The largest absolute Gasteiger partial charge is 0.273 e. The van der Waals surface area contributed by atoms with E-state index in [0.717, 1.165) is 35.5 Å². The van der Waals surface area contributed by atoms with Crippen molar-refractivity contribution in [2.45, 2.75) is 17.7 Å². The van der Waals surface area contributed by atoms with E-state index in [-0.39, 0.29) is 0 Å². The normalized spacial score (nSPS) is 21.8. The highest BCUT2D eigenvalue weighted by atomic mass is 32.3. The van der Waals surface area contributed by atoms with Crippen LogP contribution >= 0.6 is 10.3 Å². The molecule has 0 spiro atoms. The molecule has 0 atom stereocenters. The lowest BCUT2D eigenvalue weighted by Crippen LogP contribution is -2.12. The summed E-state index contributed by atoms with van der Waals surface area (Å²) in [7, 11) is -4.96. The van der Waals surface area contributed by atoms with E-state index >= 15 is 0 Å². The van der Waals surface area contributed by atoms with Gasteiger partial charge in [-0.05, 0) is 25.0 Å². The molecule has 0 radical (unpaired) electrons. The molecule has 90 valence electrons. The first kappa shape index (κ1) is 12.0. The molecule has 1 aromatic carbocycles. The lowest BCUT2D eigenvalue weighted by Gasteiger charge is -2.33. The van der Waals surface area contributed by atoms with E-state index in [1.807, 2.05) is 30.3 Å². The molecule has 5 heteroatoms. The van der Waals surface area contributed by atoms with Crippen molar-refractivity contribution in [3.05, 3.63) is 30.3 Å². The molecule has 16 heavy (non-hydrogen) atoms. The lowest BCUT2D eigenvalue weighted by molar-refractivity contribution is 0.517. The van der Waals surface area contributed by atoms with Gasteiger partial charge in [0.1, 0.15) is 0 Å². The molecule has 1 aliphatic heterocycles. The summed E-state index contributed by atoms with van der Waals surface area (Å²) >= 11 is 0. The Morgan fingerprint density at radius 3 is 2.19 bits per heavy atom. The average Bonchev–Trinajstić information content (AvgIpc) is 2.66. The molecule has 0 amide bonds. The van der Waals surface area contributed by atoms with E-state index < -0.39 is 20.4 Å². The summed E-state index contributed by atoms with van der Waals surface area (Å²) in [5.74, 6) is 1.73. The molecule has 1 saturated heterocycles. The minimum atomic E-state index is -3.38. The van der Waals surface area contributed by atoms with Gasteiger partial charge in [0, 0.05) is 16.4 Å². The van der Waals surface area contributed by atoms with Crippen molar-refractivity contribution in [3.63, 3.8) is 0 Å². The number of hydrogen-bond acceptors (Lipinski definition) is 3. The molecule has 0 unspecified atom stereocenters. The van der Waals surface area contributed by atoms with Gasteiger partial charge in [-0.25, -0.2) is 3.63 Å². The lowest BCUT2D eigenvalue weighted by atomic mass is 10.4. The Morgan fingerprint density at radius 1 is 1.12 bits per heavy atom. The zero-order chi connectivity index (χ0) is 11.6. The number of hydrogen-bond donors (Lipinski definition) is 0. The highest BCUT2D eigenvalue weighted by molar-refractivity contribution is 8.33. The van der Waals surface area contributed by atoms with Crippen LogP contribution in [0, 0.1) is 0 Å². The quantitative estimate of drug-likeness (QED) is 0.839. The van der Waals surface area contributed by atoms with Crippen molar-refractivity contribution >= 4 is 20.4 Å². The molecule has 0 bridgehead atoms. The van der Waals surface area contributed by atoms with Crippen LogP contribution in [0.2, 0.25) is 0 Å². The molecule has 1 aliphatic rings. The molecule has 0 N–H and O–H groups in total. The molecule has 1 fully saturated rings. The summed E-state index contributed by atoms with van der Waals surface area (Å²) in [6, 6.07) is 9.77. The molecule has 2 rings (SSSR count). The Kier molecular flexibility index (Phi) is 3.28. The fourth-order valence-electron chi connectivity index (χ4n) is 2.02. The van der Waals surface area contributed by atoms with Gasteiger partial charge in [-0.3, -0.25) is 0 Å². The van der Waals surface area contributed by atoms with Gasteiger partial charge in [0.05, 0.1) is 6.26 Å². The topological polar surface area (TPSA) is 43.4 Å². The minimum Gasteiger partial charge on any atom is -0.216 e. The van der Waals surface area contributed by atoms with Crippen molar-refractivity contribution in [1.82, 2.24) is 0 Å². The van der Waals surface area contributed by atoms with Crippen LogP contribution in [0.3, 0.4) is 0 Å². The molecule has 3 nitrogen and oxygen atoms in total. The predicted molar refractivity (Wildman–Crippen MR) is 67.2 cm³/mol. The van der Waals surface area contributed by atoms with E-state index in [2.05, 4.69) is 0 Å². The maximum Gasteiger partial charge on any atom is 0.273 e. The molecule has 1 heterocycles. The highest BCUT2D eigenvalue weighted by Gasteiger charge is 2.34. The summed E-state index contributed by atoms with van der Waals surface area (Å²) < 4.78 is 28.2. The Hall–Kier alpha value is -0.520. The zero-order valence-corrected chi connectivity index (χ0v) is 10.9. The molecular weight excluding hydrogens is 244 g/mol. The third kappa shape index (κ3) is 2.59. The van der Waals surface area contributed by atoms with Crippen molar-refractivity contribution in [2.75, 3.05) is 17.8 Å². The SMILES string of the molecule is CS(=O)(=O)OS1(c2ccccc2)CCCC1.